The van der Waals surface area contributed by atoms with Crippen LogP contribution in [0.1, 0.15) is 45.1 Å². The number of carbonyl (C=O) groups is 1. The Hall–Kier alpha value is -2.41. The molecule has 3 heterocycles. The van der Waals surface area contributed by atoms with Crippen LogP contribution < -0.4 is 0 Å². The Labute approximate surface area is 179 Å². The van der Waals surface area contributed by atoms with Crippen molar-refractivity contribution in [2.45, 2.75) is 45.1 Å². The van der Waals surface area contributed by atoms with Gasteiger partial charge in [-0.2, -0.15) is 5.10 Å². The van der Waals surface area contributed by atoms with E-state index < -0.39 is 5.60 Å². The van der Waals surface area contributed by atoms with Gasteiger partial charge < -0.3 is 9.64 Å². The predicted octanol–water partition coefficient (Wildman–Crippen LogP) is 5.27. The SMILES string of the molecule is CC(C)(C)OC(=O)N1CCC(c2ccc(-c3cnc4c(Br)cnn4c3)cc2)CC1. The van der Waals surface area contributed by atoms with Gasteiger partial charge in [0.05, 0.1) is 10.7 Å². The van der Waals surface area contributed by atoms with Crippen molar-refractivity contribution in [2.24, 2.45) is 0 Å². The molecule has 0 saturated carbocycles. The zero-order valence-electron chi connectivity index (χ0n) is 16.9. The summed E-state index contributed by atoms with van der Waals surface area (Å²) in [5.41, 5.74) is 3.81. The van der Waals surface area contributed by atoms with E-state index in [-0.39, 0.29) is 6.09 Å². The van der Waals surface area contributed by atoms with Gasteiger partial charge >= 0.3 is 6.09 Å². The number of nitrogens with zero attached hydrogens (tertiary/aromatic N) is 4. The fourth-order valence-corrected chi connectivity index (χ4v) is 4.04. The molecule has 3 aromatic rings. The van der Waals surface area contributed by atoms with E-state index in [0.717, 1.165) is 47.2 Å². The third kappa shape index (κ3) is 4.45. The summed E-state index contributed by atoms with van der Waals surface area (Å²) in [4.78, 5) is 18.5. The second-order valence-electron chi connectivity index (χ2n) is 8.47. The molecule has 4 rings (SSSR count). The molecule has 0 N–H and O–H groups in total. The van der Waals surface area contributed by atoms with Gasteiger partial charge in [-0.1, -0.05) is 24.3 Å². The van der Waals surface area contributed by atoms with Gasteiger partial charge in [-0.3, -0.25) is 0 Å². The Morgan fingerprint density at radius 1 is 1.10 bits per heavy atom. The van der Waals surface area contributed by atoms with Crippen molar-refractivity contribution in [1.29, 1.82) is 0 Å². The highest BCUT2D eigenvalue weighted by molar-refractivity contribution is 9.10. The molecule has 6 nitrogen and oxygen atoms in total. The third-order valence-corrected chi connectivity index (χ3v) is 5.73. The van der Waals surface area contributed by atoms with Crippen molar-refractivity contribution in [3.63, 3.8) is 0 Å². The molecule has 1 amide bonds. The van der Waals surface area contributed by atoms with E-state index in [1.807, 2.05) is 38.1 Å². The summed E-state index contributed by atoms with van der Waals surface area (Å²) in [6, 6.07) is 8.65. The van der Waals surface area contributed by atoms with Crippen LogP contribution in [-0.2, 0) is 4.74 Å². The second-order valence-corrected chi connectivity index (χ2v) is 9.32. The molecule has 1 aliphatic heterocycles. The number of hydrogen-bond donors (Lipinski definition) is 0. The van der Waals surface area contributed by atoms with E-state index in [2.05, 4.69) is 50.3 Å². The molecule has 0 radical (unpaired) electrons. The second kappa shape index (κ2) is 7.78. The Morgan fingerprint density at radius 3 is 2.45 bits per heavy atom. The van der Waals surface area contributed by atoms with Crippen LogP contribution in [0.25, 0.3) is 16.8 Å². The zero-order chi connectivity index (χ0) is 20.6. The van der Waals surface area contributed by atoms with Gasteiger partial charge in [-0.25, -0.2) is 14.3 Å². The first kappa shape index (κ1) is 19.9. The topological polar surface area (TPSA) is 59.7 Å². The highest BCUT2D eigenvalue weighted by atomic mass is 79.9. The maximum Gasteiger partial charge on any atom is 0.410 e. The summed E-state index contributed by atoms with van der Waals surface area (Å²) in [5, 5.41) is 4.30. The molecule has 7 heteroatoms. The maximum absolute atomic E-state index is 12.2. The summed E-state index contributed by atoms with van der Waals surface area (Å²) in [5.74, 6) is 0.463. The van der Waals surface area contributed by atoms with Crippen LogP contribution in [-0.4, -0.2) is 44.3 Å². The lowest BCUT2D eigenvalue weighted by molar-refractivity contribution is 0.0205. The summed E-state index contributed by atoms with van der Waals surface area (Å²) < 4.78 is 8.15. The smallest absolute Gasteiger partial charge is 0.410 e. The van der Waals surface area contributed by atoms with E-state index in [0.29, 0.717) is 5.92 Å². The van der Waals surface area contributed by atoms with E-state index in [9.17, 15) is 4.79 Å². The molecule has 0 unspecified atom stereocenters. The van der Waals surface area contributed by atoms with Crippen LogP contribution in [0.3, 0.4) is 0 Å². The van der Waals surface area contributed by atoms with Crippen LogP contribution in [0.5, 0.6) is 0 Å². The minimum absolute atomic E-state index is 0.209. The summed E-state index contributed by atoms with van der Waals surface area (Å²) in [6.45, 7) is 7.17. The van der Waals surface area contributed by atoms with Crippen molar-refractivity contribution in [2.75, 3.05) is 13.1 Å². The van der Waals surface area contributed by atoms with Crippen LogP contribution in [0.4, 0.5) is 4.79 Å². The normalized spacial score (nSPS) is 15.7. The number of carbonyl (C=O) groups excluding carboxylic acids is 1. The first-order valence-electron chi connectivity index (χ1n) is 9.87. The molecule has 29 heavy (non-hydrogen) atoms. The molecule has 1 fully saturated rings. The lowest BCUT2D eigenvalue weighted by Gasteiger charge is -2.33. The van der Waals surface area contributed by atoms with Crippen LogP contribution >= 0.6 is 15.9 Å². The van der Waals surface area contributed by atoms with Crippen LogP contribution in [0.2, 0.25) is 0 Å². The molecule has 2 aromatic heterocycles. The van der Waals surface area contributed by atoms with Crippen molar-refractivity contribution >= 4 is 27.7 Å². The standard InChI is InChI=1S/C22H25BrN4O2/c1-22(2,3)29-21(28)26-10-8-17(9-11-26)15-4-6-16(7-5-15)18-12-24-20-19(23)13-25-27(20)14-18/h4-7,12-14,17H,8-11H2,1-3H3. The van der Waals surface area contributed by atoms with Gasteiger partial charge in [-0.05, 0) is 66.6 Å². The number of likely N-dealkylation sites (tertiary alicyclic amines) is 1. The molecule has 0 spiro atoms. The minimum atomic E-state index is -0.451. The molecule has 0 aliphatic carbocycles. The van der Waals surface area contributed by atoms with E-state index >= 15 is 0 Å². The molecule has 1 aromatic carbocycles. The van der Waals surface area contributed by atoms with Crippen molar-refractivity contribution in [3.05, 3.63) is 52.9 Å². The molecule has 152 valence electrons. The van der Waals surface area contributed by atoms with Gasteiger partial charge in [-0.15, -0.1) is 0 Å². The quantitative estimate of drug-likeness (QED) is 0.526. The van der Waals surface area contributed by atoms with E-state index in [4.69, 9.17) is 4.74 Å². The largest absolute Gasteiger partial charge is 0.444 e. The first-order valence-corrected chi connectivity index (χ1v) is 10.7. The van der Waals surface area contributed by atoms with Gasteiger partial charge in [0.2, 0.25) is 0 Å². The van der Waals surface area contributed by atoms with Gasteiger partial charge in [0.25, 0.3) is 0 Å². The van der Waals surface area contributed by atoms with Crippen LogP contribution in [0.15, 0.2) is 47.3 Å². The lowest BCUT2D eigenvalue weighted by atomic mass is 9.89. The maximum atomic E-state index is 12.2. The fraction of sp³-hybridized carbons (Fsp3) is 0.409. The van der Waals surface area contributed by atoms with Crippen molar-refractivity contribution < 1.29 is 9.53 Å². The predicted molar refractivity (Wildman–Crippen MR) is 116 cm³/mol. The number of halogens is 1. The number of benzene rings is 1. The highest BCUT2D eigenvalue weighted by Crippen LogP contribution is 2.30. The molecular weight excluding hydrogens is 432 g/mol. The number of aromatic nitrogens is 3. The first-order chi connectivity index (χ1) is 13.8. The van der Waals surface area contributed by atoms with Gasteiger partial charge in [0.15, 0.2) is 5.65 Å². The number of piperidine rings is 1. The number of hydrogen-bond acceptors (Lipinski definition) is 4. The Balaban J connectivity index is 1.41. The fourth-order valence-electron chi connectivity index (χ4n) is 3.66. The molecule has 0 atom stereocenters. The zero-order valence-corrected chi connectivity index (χ0v) is 18.5. The number of fused-ring (bicyclic) bond motifs is 1. The molecule has 1 aliphatic rings. The highest BCUT2D eigenvalue weighted by Gasteiger charge is 2.27. The molecular formula is C22H25BrN4O2. The summed E-state index contributed by atoms with van der Waals surface area (Å²) in [7, 11) is 0. The summed E-state index contributed by atoms with van der Waals surface area (Å²) >= 11 is 3.45. The van der Waals surface area contributed by atoms with Crippen LogP contribution in [0, 0.1) is 0 Å². The number of ether oxygens (including phenoxy) is 1. The molecule has 0 bridgehead atoms. The number of rotatable bonds is 2. The molecule has 1 saturated heterocycles. The van der Waals surface area contributed by atoms with Gasteiger partial charge in [0, 0.05) is 31.0 Å². The Bertz CT molecular complexity index is 1020. The third-order valence-electron chi connectivity index (χ3n) is 5.18. The average molecular weight is 457 g/mol. The Morgan fingerprint density at radius 2 is 1.79 bits per heavy atom. The van der Waals surface area contributed by atoms with Crippen molar-refractivity contribution in [1.82, 2.24) is 19.5 Å². The van der Waals surface area contributed by atoms with Crippen molar-refractivity contribution in [3.8, 4) is 11.1 Å². The Kier molecular flexibility index (Phi) is 5.34. The monoisotopic (exact) mass is 456 g/mol. The average Bonchev–Trinajstić information content (AvgIpc) is 3.07. The van der Waals surface area contributed by atoms with E-state index in [1.165, 1.54) is 5.56 Å². The summed E-state index contributed by atoms with van der Waals surface area (Å²) in [6.07, 6.45) is 7.30. The minimum Gasteiger partial charge on any atom is -0.444 e. The van der Waals surface area contributed by atoms with Gasteiger partial charge in [0.1, 0.15) is 5.60 Å². The lowest BCUT2D eigenvalue weighted by Crippen LogP contribution is -2.41. The van der Waals surface area contributed by atoms with E-state index in [1.54, 1.807) is 10.7 Å². The number of amides is 1.